The second kappa shape index (κ2) is 8.24. The molecule has 2 aromatic carbocycles. The van der Waals surface area contributed by atoms with Gasteiger partial charge in [-0.1, -0.05) is 62.9 Å². The van der Waals surface area contributed by atoms with Crippen LogP contribution in [0, 0.1) is 6.92 Å². The molecule has 3 aromatic rings. The summed E-state index contributed by atoms with van der Waals surface area (Å²) in [5, 5.41) is 20.7. The summed E-state index contributed by atoms with van der Waals surface area (Å²) in [6.45, 7) is 10.6. The molecule has 1 aliphatic carbocycles. The number of aliphatic hydroxyl groups excluding tert-OH is 1. The van der Waals surface area contributed by atoms with Gasteiger partial charge in [-0.3, -0.25) is 9.59 Å². The van der Waals surface area contributed by atoms with E-state index in [-0.39, 0.29) is 35.7 Å². The van der Waals surface area contributed by atoms with Gasteiger partial charge in [0.1, 0.15) is 5.76 Å². The Bertz CT molecular complexity index is 1370. The number of aliphatic hydroxyl groups is 1. The lowest BCUT2D eigenvalue weighted by atomic mass is 9.74. The van der Waals surface area contributed by atoms with Crippen LogP contribution in [0.4, 0.5) is 0 Å². The third kappa shape index (κ3) is 3.80. The molecule has 0 spiro atoms. The highest BCUT2D eigenvalue weighted by atomic mass is 16.4. The fourth-order valence-electron chi connectivity index (χ4n) is 4.45. The maximum absolute atomic E-state index is 13.1. The van der Waals surface area contributed by atoms with E-state index in [9.17, 15) is 14.7 Å². The molecule has 2 N–H and O–H groups in total. The van der Waals surface area contributed by atoms with E-state index in [1.54, 1.807) is 12.3 Å². The maximum Gasteiger partial charge on any atom is 0.305 e. The Balaban J connectivity index is 1.71. The third-order valence-corrected chi connectivity index (χ3v) is 6.53. The monoisotopic (exact) mass is 441 g/mol. The minimum absolute atomic E-state index is 0.0317. The number of aliphatic carboxylic acids is 1. The van der Waals surface area contributed by atoms with E-state index in [0.717, 1.165) is 27.6 Å². The van der Waals surface area contributed by atoms with Gasteiger partial charge in [-0.2, -0.15) is 0 Å². The van der Waals surface area contributed by atoms with Gasteiger partial charge in [-0.15, -0.1) is 0 Å². The number of hydrogen-bond acceptors (Lipinski definition) is 3. The van der Waals surface area contributed by atoms with Crippen LogP contribution in [0.3, 0.4) is 0 Å². The lowest BCUT2D eigenvalue weighted by Crippen LogP contribution is -2.24. The predicted molar refractivity (Wildman–Crippen MR) is 130 cm³/mol. The van der Waals surface area contributed by atoms with Gasteiger partial charge in [0.15, 0.2) is 0 Å². The number of nitrogens with zero attached hydrogens (tertiary/aromatic N) is 1. The Morgan fingerprint density at radius 3 is 2.45 bits per heavy atom. The lowest BCUT2D eigenvalue weighted by molar-refractivity contribution is -0.137. The molecule has 4 rings (SSSR count). The van der Waals surface area contributed by atoms with Crippen molar-refractivity contribution in [3.05, 3.63) is 101 Å². The number of rotatable bonds is 7. The average Bonchev–Trinajstić information content (AvgIpc) is 3.14. The van der Waals surface area contributed by atoms with Gasteiger partial charge in [0, 0.05) is 34.6 Å². The Hall–Kier alpha value is -3.86. The third-order valence-electron chi connectivity index (χ3n) is 6.53. The molecule has 0 bridgehead atoms. The number of carbonyl (C=O) groups is 2. The van der Waals surface area contributed by atoms with Crippen molar-refractivity contribution >= 4 is 28.2 Å². The van der Waals surface area contributed by atoms with Gasteiger partial charge in [0.25, 0.3) is 0 Å². The fourth-order valence-corrected chi connectivity index (χ4v) is 4.45. The second-order valence-corrected chi connectivity index (χ2v) is 8.97. The molecule has 0 atom stereocenters. The summed E-state index contributed by atoms with van der Waals surface area (Å²) < 4.78 is 1.81. The number of para-hydroxylation sites is 1. The second-order valence-electron chi connectivity index (χ2n) is 8.97. The number of aryl methyl sites for hydroxylation is 2. The summed E-state index contributed by atoms with van der Waals surface area (Å²) in [5.41, 5.74) is 4.51. The largest absolute Gasteiger partial charge is 0.506 e. The number of allylic oxidation sites excluding steroid dienone is 4. The summed E-state index contributed by atoms with van der Waals surface area (Å²) in [6, 6.07) is 15.5. The van der Waals surface area contributed by atoms with Gasteiger partial charge in [-0.05, 0) is 35.8 Å². The minimum atomic E-state index is -0.892. The molecule has 0 unspecified atom stereocenters. The minimum Gasteiger partial charge on any atom is -0.506 e. The van der Waals surface area contributed by atoms with E-state index in [4.69, 9.17) is 5.11 Å². The summed E-state index contributed by atoms with van der Waals surface area (Å²) in [4.78, 5) is 24.2. The van der Waals surface area contributed by atoms with Crippen molar-refractivity contribution in [2.75, 3.05) is 0 Å². The molecule has 1 aliphatic rings. The van der Waals surface area contributed by atoms with Crippen LogP contribution in [0.2, 0.25) is 0 Å². The smallest absolute Gasteiger partial charge is 0.305 e. The van der Waals surface area contributed by atoms with Crippen molar-refractivity contribution in [3.8, 4) is 0 Å². The predicted octanol–water partition coefficient (Wildman–Crippen LogP) is 5.74. The first-order valence-corrected chi connectivity index (χ1v) is 10.9. The van der Waals surface area contributed by atoms with Crippen molar-refractivity contribution in [3.63, 3.8) is 0 Å². The Labute approximate surface area is 193 Å². The van der Waals surface area contributed by atoms with Crippen molar-refractivity contribution in [2.45, 2.75) is 39.2 Å². The first-order valence-electron chi connectivity index (χ1n) is 10.9. The van der Waals surface area contributed by atoms with Crippen LogP contribution in [-0.2, 0) is 21.5 Å². The molecule has 5 heteroatoms. The molecule has 0 saturated heterocycles. The molecule has 33 heavy (non-hydrogen) atoms. The number of carbonyl (C=O) groups excluding carboxylic acids is 1. The van der Waals surface area contributed by atoms with Crippen molar-refractivity contribution in [1.82, 2.24) is 4.57 Å². The van der Waals surface area contributed by atoms with Crippen molar-refractivity contribution in [2.24, 2.45) is 0 Å². The standard InChI is InChI=1S/C28H27NO4/c1-17-9-5-7-11-22(17)28(3,4)18(2)15-20-26(32)25(27(20)33)21-16-29(14-13-24(30)31)23-12-8-6-10-19(21)23/h5-12,15-16,32H,2,13-14H2,1,3-4H3,(H,30,31)/b20-15+. The van der Waals surface area contributed by atoms with E-state index in [0.29, 0.717) is 5.56 Å². The summed E-state index contributed by atoms with van der Waals surface area (Å²) in [7, 11) is 0. The topological polar surface area (TPSA) is 79.5 Å². The number of benzene rings is 2. The van der Waals surface area contributed by atoms with Crippen LogP contribution in [0.1, 0.15) is 37.0 Å². The highest BCUT2D eigenvalue weighted by Crippen LogP contribution is 2.42. The number of Topliss-reactive ketones (excluding diaryl/α,β-unsaturated/α-hetero) is 1. The van der Waals surface area contributed by atoms with Gasteiger partial charge in [0.05, 0.1) is 17.6 Å². The van der Waals surface area contributed by atoms with Gasteiger partial charge < -0.3 is 14.8 Å². The number of fused-ring (bicyclic) bond motifs is 1. The highest BCUT2D eigenvalue weighted by Gasteiger charge is 2.37. The molecular weight excluding hydrogens is 414 g/mol. The SMILES string of the molecule is C=C(/C=C1/C(=O)C(c2cn(CCC(=O)O)c3ccccc23)=C1O)C(C)(C)c1ccccc1C. The molecule has 1 aromatic heterocycles. The van der Waals surface area contributed by atoms with Crippen LogP contribution in [0.25, 0.3) is 16.5 Å². The van der Waals surface area contributed by atoms with Crippen LogP contribution in [0.15, 0.2) is 84.3 Å². The van der Waals surface area contributed by atoms with Crippen LogP contribution in [0.5, 0.6) is 0 Å². The van der Waals surface area contributed by atoms with Gasteiger partial charge in [0.2, 0.25) is 5.78 Å². The highest BCUT2D eigenvalue weighted by molar-refractivity contribution is 6.40. The number of aromatic nitrogens is 1. The molecule has 168 valence electrons. The average molecular weight is 442 g/mol. The van der Waals surface area contributed by atoms with Crippen LogP contribution < -0.4 is 0 Å². The summed E-state index contributed by atoms with van der Waals surface area (Å²) in [6.07, 6.45) is 3.40. The quantitative estimate of drug-likeness (QED) is 0.459. The molecule has 5 nitrogen and oxygen atoms in total. The van der Waals surface area contributed by atoms with E-state index in [1.807, 2.05) is 54.0 Å². The van der Waals surface area contributed by atoms with Gasteiger partial charge in [-0.25, -0.2) is 0 Å². The van der Waals surface area contributed by atoms with E-state index < -0.39 is 11.4 Å². The molecule has 0 fully saturated rings. The molecule has 0 aliphatic heterocycles. The zero-order valence-corrected chi connectivity index (χ0v) is 19.1. The first kappa shape index (κ1) is 22.3. The van der Waals surface area contributed by atoms with Crippen molar-refractivity contribution < 1.29 is 19.8 Å². The summed E-state index contributed by atoms with van der Waals surface area (Å²) in [5.74, 6) is -1.19. The molecule has 0 radical (unpaired) electrons. The zero-order valence-electron chi connectivity index (χ0n) is 19.1. The van der Waals surface area contributed by atoms with Crippen LogP contribution in [-0.4, -0.2) is 26.5 Å². The number of carboxylic acids is 1. The Morgan fingerprint density at radius 1 is 1.12 bits per heavy atom. The van der Waals surface area contributed by atoms with Crippen LogP contribution >= 0.6 is 0 Å². The van der Waals surface area contributed by atoms with Gasteiger partial charge >= 0.3 is 5.97 Å². The van der Waals surface area contributed by atoms with E-state index >= 15 is 0 Å². The normalized spacial score (nSPS) is 15.2. The number of ketones is 1. The Morgan fingerprint density at radius 2 is 1.79 bits per heavy atom. The van der Waals surface area contributed by atoms with E-state index in [1.165, 1.54) is 0 Å². The number of carboxylic acid groups (broad SMARTS) is 1. The maximum atomic E-state index is 13.1. The summed E-state index contributed by atoms with van der Waals surface area (Å²) >= 11 is 0. The lowest BCUT2D eigenvalue weighted by Gasteiger charge is -2.30. The molecule has 0 amide bonds. The molecular formula is C28H27NO4. The zero-order chi connectivity index (χ0) is 23.9. The Kier molecular flexibility index (Phi) is 5.58. The number of hydrogen-bond donors (Lipinski definition) is 2. The van der Waals surface area contributed by atoms with E-state index in [2.05, 4.69) is 26.5 Å². The molecule has 1 heterocycles. The fraction of sp³-hybridized carbons (Fsp3) is 0.214. The van der Waals surface area contributed by atoms with Crippen molar-refractivity contribution in [1.29, 1.82) is 0 Å². The molecule has 0 saturated carbocycles. The first-order chi connectivity index (χ1) is 15.6.